The van der Waals surface area contributed by atoms with Crippen LogP contribution in [0.1, 0.15) is 23.3 Å². The summed E-state index contributed by atoms with van der Waals surface area (Å²) in [7, 11) is 0. The lowest BCUT2D eigenvalue weighted by Gasteiger charge is -2.12. The summed E-state index contributed by atoms with van der Waals surface area (Å²) in [6.45, 7) is 4.12. The minimum absolute atomic E-state index is 0.534. The highest BCUT2D eigenvalue weighted by molar-refractivity contribution is 7.16. The summed E-state index contributed by atoms with van der Waals surface area (Å²) < 4.78 is 0.859. The van der Waals surface area contributed by atoms with E-state index in [1.807, 2.05) is 6.07 Å². The Morgan fingerprint density at radius 3 is 2.59 bits per heavy atom. The van der Waals surface area contributed by atoms with Crippen molar-refractivity contribution < 1.29 is 0 Å². The van der Waals surface area contributed by atoms with Crippen LogP contribution in [0.2, 0.25) is 4.34 Å². The molecule has 1 aromatic heterocycles. The van der Waals surface area contributed by atoms with Crippen molar-refractivity contribution in [2.75, 3.05) is 6.54 Å². The molecule has 1 heterocycles. The van der Waals surface area contributed by atoms with Crippen molar-refractivity contribution in [3.8, 4) is 0 Å². The second kappa shape index (κ2) is 6.20. The van der Waals surface area contributed by atoms with Gasteiger partial charge in [-0.15, -0.1) is 11.3 Å². The largest absolute Gasteiger partial charge is 0.311 e. The molecular weight excluding hydrogens is 250 g/mol. The minimum Gasteiger partial charge on any atom is -0.311 e. The standard InChI is InChI=1S/C14H16ClNS/c1-11(12-5-3-2-4-6-12)9-16-10-13-7-8-14(15)17-13/h2-8,11,16H,9-10H2,1H3. The molecule has 0 bridgehead atoms. The zero-order chi connectivity index (χ0) is 12.1. The molecule has 1 N–H and O–H groups in total. The monoisotopic (exact) mass is 265 g/mol. The van der Waals surface area contributed by atoms with Gasteiger partial charge < -0.3 is 5.32 Å². The van der Waals surface area contributed by atoms with Crippen molar-refractivity contribution in [3.05, 3.63) is 57.2 Å². The van der Waals surface area contributed by atoms with Crippen LogP contribution >= 0.6 is 22.9 Å². The summed E-state index contributed by atoms with van der Waals surface area (Å²) in [5.41, 5.74) is 1.38. The van der Waals surface area contributed by atoms with Crippen molar-refractivity contribution in [1.29, 1.82) is 0 Å². The van der Waals surface area contributed by atoms with Gasteiger partial charge in [0.05, 0.1) is 4.34 Å². The molecule has 2 aromatic rings. The molecule has 0 aliphatic rings. The van der Waals surface area contributed by atoms with E-state index in [2.05, 4.69) is 48.6 Å². The Labute approximate surface area is 111 Å². The number of thiophene rings is 1. The van der Waals surface area contributed by atoms with E-state index in [4.69, 9.17) is 11.6 Å². The number of halogens is 1. The molecule has 1 aromatic carbocycles. The second-order valence-electron chi connectivity index (χ2n) is 4.15. The van der Waals surface area contributed by atoms with Gasteiger partial charge in [0.15, 0.2) is 0 Å². The normalized spacial score (nSPS) is 12.6. The SMILES string of the molecule is CC(CNCc1ccc(Cl)s1)c1ccccc1. The van der Waals surface area contributed by atoms with E-state index < -0.39 is 0 Å². The Hall–Kier alpha value is -0.830. The van der Waals surface area contributed by atoms with E-state index >= 15 is 0 Å². The zero-order valence-corrected chi connectivity index (χ0v) is 11.4. The first kappa shape index (κ1) is 12.6. The van der Waals surface area contributed by atoms with Crippen LogP contribution in [-0.2, 0) is 6.54 Å². The maximum atomic E-state index is 5.89. The van der Waals surface area contributed by atoms with Crippen LogP contribution in [0.25, 0.3) is 0 Å². The van der Waals surface area contributed by atoms with Gasteiger partial charge in [0.2, 0.25) is 0 Å². The van der Waals surface area contributed by atoms with Crippen molar-refractivity contribution in [3.63, 3.8) is 0 Å². The molecule has 90 valence electrons. The van der Waals surface area contributed by atoms with Gasteiger partial charge in [-0.25, -0.2) is 0 Å². The van der Waals surface area contributed by atoms with E-state index in [0.29, 0.717) is 5.92 Å². The lowest BCUT2D eigenvalue weighted by molar-refractivity contribution is 0.619. The number of nitrogens with one attached hydrogen (secondary N) is 1. The third-order valence-corrected chi connectivity index (χ3v) is 3.98. The van der Waals surface area contributed by atoms with Gasteiger partial charge in [-0.2, -0.15) is 0 Å². The predicted molar refractivity (Wildman–Crippen MR) is 75.9 cm³/mol. The molecule has 2 rings (SSSR count). The molecule has 0 aliphatic carbocycles. The highest BCUT2D eigenvalue weighted by atomic mass is 35.5. The summed E-state index contributed by atoms with van der Waals surface area (Å²) in [6, 6.07) is 14.6. The molecule has 0 amide bonds. The average Bonchev–Trinajstić information content (AvgIpc) is 2.76. The Balaban J connectivity index is 1.79. The zero-order valence-electron chi connectivity index (χ0n) is 9.82. The number of benzene rings is 1. The molecule has 0 fully saturated rings. The van der Waals surface area contributed by atoms with Gasteiger partial charge in [-0.05, 0) is 23.6 Å². The highest BCUT2D eigenvalue weighted by Crippen LogP contribution is 2.21. The van der Waals surface area contributed by atoms with Gasteiger partial charge in [0.1, 0.15) is 0 Å². The van der Waals surface area contributed by atoms with Crippen molar-refractivity contribution in [1.82, 2.24) is 5.32 Å². The summed E-state index contributed by atoms with van der Waals surface area (Å²) >= 11 is 7.53. The molecule has 0 radical (unpaired) electrons. The highest BCUT2D eigenvalue weighted by Gasteiger charge is 2.04. The van der Waals surface area contributed by atoms with Crippen molar-refractivity contribution in [2.24, 2.45) is 0 Å². The lowest BCUT2D eigenvalue weighted by Crippen LogP contribution is -2.19. The first-order valence-electron chi connectivity index (χ1n) is 5.75. The molecule has 1 unspecified atom stereocenters. The average molecular weight is 266 g/mol. The smallest absolute Gasteiger partial charge is 0.0931 e. The topological polar surface area (TPSA) is 12.0 Å². The first-order chi connectivity index (χ1) is 8.25. The van der Waals surface area contributed by atoms with E-state index in [0.717, 1.165) is 17.4 Å². The molecule has 17 heavy (non-hydrogen) atoms. The van der Waals surface area contributed by atoms with Crippen LogP contribution in [0.15, 0.2) is 42.5 Å². The van der Waals surface area contributed by atoms with E-state index in [-0.39, 0.29) is 0 Å². The van der Waals surface area contributed by atoms with Crippen molar-refractivity contribution in [2.45, 2.75) is 19.4 Å². The first-order valence-corrected chi connectivity index (χ1v) is 6.95. The van der Waals surface area contributed by atoms with Gasteiger partial charge in [-0.3, -0.25) is 0 Å². The van der Waals surface area contributed by atoms with Gasteiger partial charge in [0.25, 0.3) is 0 Å². The minimum atomic E-state index is 0.534. The van der Waals surface area contributed by atoms with Crippen LogP contribution in [0, 0.1) is 0 Å². The molecule has 1 nitrogen and oxygen atoms in total. The number of hydrogen-bond acceptors (Lipinski definition) is 2. The van der Waals surface area contributed by atoms with Crippen LogP contribution in [0.3, 0.4) is 0 Å². The molecule has 0 spiro atoms. The Kier molecular flexibility index (Phi) is 4.60. The fourth-order valence-corrected chi connectivity index (χ4v) is 2.82. The van der Waals surface area contributed by atoms with Crippen LogP contribution < -0.4 is 5.32 Å². The Morgan fingerprint density at radius 2 is 1.94 bits per heavy atom. The fraction of sp³-hybridized carbons (Fsp3) is 0.286. The summed E-state index contributed by atoms with van der Waals surface area (Å²) in [5.74, 6) is 0.534. The predicted octanol–water partition coefficient (Wildman–Crippen LogP) is 4.29. The van der Waals surface area contributed by atoms with Crippen LogP contribution in [0.4, 0.5) is 0 Å². The quantitative estimate of drug-likeness (QED) is 0.850. The summed E-state index contributed by atoms with van der Waals surface area (Å²) in [5, 5.41) is 3.47. The molecular formula is C14H16ClNS. The van der Waals surface area contributed by atoms with E-state index in [9.17, 15) is 0 Å². The molecule has 0 saturated heterocycles. The second-order valence-corrected chi connectivity index (χ2v) is 5.95. The van der Waals surface area contributed by atoms with E-state index in [1.165, 1.54) is 10.4 Å². The summed E-state index contributed by atoms with van der Waals surface area (Å²) in [4.78, 5) is 1.29. The lowest BCUT2D eigenvalue weighted by atomic mass is 10.0. The number of rotatable bonds is 5. The third kappa shape index (κ3) is 3.84. The maximum Gasteiger partial charge on any atom is 0.0931 e. The van der Waals surface area contributed by atoms with Gasteiger partial charge in [-0.1, -0.05) is 48.9 Å². The van der Waals surface area contributed by atoms with Gasteiger partial charge in [0, 0.05) is 18.0 Å². The molecule has 0 saturated carbocycles. The van der Waals surface area contributed by atoms with Crippen molar-refractivity contribution >= 4 is 22.9 Å². The third-order valence-electron chi connectivity index (χ3n) is 2.75. The van der Waals surface area contributed by atoms with Crippen LogP contribution in [-0.4, -0.2) is 6.54 Å². The van der Waals surface area contributed by atoms with Gasteiger partial charge >= 0.3 is 0 Å². The van der Waals surface area contributed by atoms with Crippen LogP contribution in [0.5, 0.6) is 0 Å². The fourth-order valence-electron chi connectivity index (χ4n) is 1.76. The molecule has 0 aliphatic heterocycles. The maximum absolute atomic E-state index is 5.89. The number of hydrogen-bond donors (Lipinski definition) is 1. The Morgan fingerprint density at radius 1 is 1.18 bits per heavy atom. The van der Waals surface area contributed by atoms with E-state index in [1.54, 1.807) is 11.3 Å². The summed E-state index contributed by atoms with van der Waals surface area (Å²) in [6.07, 6.45) is 0. The molecule has 1 atom stereocenters. The Bertz CT molecular complexity index is 452. The molecule has 3 heteroatoms.